The molecule has 0 radical (unpaired) electrons. The van der Waals surface area contributed by atoms with Crippen LogP contribution in [0.4, 0.5) is 5.82 Å². The molecule has 2 atom stereocenters. The molecule has 4 rings (SSSR count). The van der Waals surface area contributed by atoms with Gasteiger partial charge >= 0.3 is 0 Å². The highest BCUT2D eigenvalue weighted by Crippen LogP contribution is 2.36. The topological polar surface area (TPSA) is 61.7 Å². The molecular formula is C20H30N4O2S. The number of aliphatic hydroxyl groups excluding tert-OH is 1. The summed E-state index contributed by atoms with van der Waals surface area (Å²) in [6, 6.07) is 0.149. The van der Waals surface area contributed by atoms with Gasteiger partial charge in [0.05, 0.1) is 37.3 Å². The minimum absolute atomic E-state index is 0.149. The highest BCUT2D eigenvalue weighted by Gasteiger charge is 2.29. The number of aromatic nitrogens is 2. The van der Waals surface area contributed by atoms with Gasteiger partial charge in [-0.2, -0.15) is 0 Å². The molecule has 2 aromatic heterocycles. The maximum atomic E-state index is 9.97. The molecule has 7 heteroatoms. The van der Waals surface area contributed by atoms with E-state index in [1.54, 1.807) is 11.3 Å². The van der Waals surface area contributed by atoms with Gasteiger partial charge in [0, 0.05) is 11.4 Å². The van der Waals surface area contributed by atoms with Gasteiger partial charge in [-0.15, -0.1) is 11.3 Å². The second-order valence-corrected chi connectivity index (χ2v) is 9.12. The van der Waals surface area contributed by atoms with Crippen LogP contribution in [-0.2, 0) is 11.3 Å². The molecule has 2 fully saturated rings. The number of rotatable bonds is 5. The Morgan fingerprint density at radius 1 is 1.22 bits per heavy atom. The minimum Gasteiger partial charge on any atom is -0.393 e. The Balaban J connectivity index is 1.76. The fraction of sp³-hybridized carbons (Fsp3) is 0.700. The highest BCUT2D eigenvalue weighted by molar-refractivity contribution is 7.18. The zero-order valence-electron chi connectivity index (χ0n) is 16.6. The molecule has 2 unspecified atom stereocenters. The van der Waals surface area contributed by atoms with Gasteiger partial charge < -0.3 is 14.7 Å². The number of fused-ring (bicyclic) bond motifs is 1. The smallest absolute Gasteiger partial charge is 0.146 e. The zero-order chi connectivity index (χ0) is 19.0. The molecule has 27 heavy (non-hydrogen) atoms. The fourth-order valence-corrected chi connectivity index (χ4v) is 5.26. The van der Waals surface area contributed by atoms with Crippen LogP contribution in [0.2, 0.25) is 0 Å². The number of morpholine rings is 1. The third-order valence-electron chi connectivity index (χ3n) is 5.73. The van der Waals surface area contributed by atoms with Crippen LogP contribution >= 0.6 is 11.3 Å². The number of thiophene rings is 1. The average molecular weight is 391 g/mol. The number of likely N-dealkylation sites (tertiary alicyclic amines) is 1. The summed E-state index contributed by atoms with van der Waals surface area (Å²) in [6.07, 6.45) is 2.87. The van der Waals surface area contributed by atoms with Gasteiger partial charge in [0.2, 0.25) is 0 Å². The summed E-state index contributed by atoms with van der Waals surface area (Å²) in [5.74, 6) is 1.95. The number of anilines is 1. The Kier molecular flexibility index (Phi) is 5.64. The largest absolute Gasteiger partial charge is 0.393 e. The van der Waals surface area contributed by atoms with Crippen molar-refractivity contribution in [1.82, 2.24) is 14.9 Å². The van der Waals surface area contributed by atoms with Crippen molar-refractivity contribution in [2.45, 2.75) is 58.7 Å². The van der Waals surface area contributed by atoms with Gasteiger partial charge in [-0.3, -0.25) is 4.90 Å². The number of ether oxygens (including phenoxy) is 1. The van der Waals surface area contributed by atoms with Crippen LogP contribution < -0.4 is 4.90 Å². The first kappa shape index (κ1) is 19.1. The van der Waals surface area contributed by atoms with Crippen molar-refractivity contribution in [3.05, 3.63) is 16.3 Å². The molecule has 0 bridgehead atoms. The van der Waals surface area contributed by atoms with E-state index in [0.29, 0.717) is 19.6 Å². The van der Waals surface area contributed by atoms with Crippen molar-refractivity contribution < 1.29 is 9.84 Å². The second-order valence-electron chi connectivity index (χ2n) is 7.92. The number of hydrogen-bond donors (Lipinski definition) is 1. The third-order valence-corrected chi connectivity index (χ3v) is 6.83. The number of nitrogens with zero attached hydrogens (tertiary/aromatic N) is 4. The molecule has 0 spiro atoms. The van der Waals surface area contributed by atoms with E-state index in [0.717, 1.165) is 42.7 Å². The van der Waals surface area contributed by atoms with E-state index in [9.17, 15) is 5.11 Å². The lowest BCUT2D eigenvalue weighted by Gasteiger charge is -2.37. The lowest BCUT2D eigenvalue weighted by molar-refractivity contribution is 0.0719. The maximum Gasteiger partial charge on any atom is 0.146 e. The lowest BCUT2D eigenvalue weighted by atomic mass is 10.1. The molecule has 2 saturated heterocycles. The molecule has 2 aromatic rings. The summed E-state index contributed by atoms with van der Waals surface area (Å²) < 4.78 is 5.72. The Bertz CT molecular complexity index is 801. The van der Waals surface area contributed by atoms with Gasteiger partial charge in [-0.05, 0) is 58.7 Å². The lowest BCUT2D eigenvalue weighted by Crippen LogP contribution is -2.47. The maximum absolute atomic E-state index is 9.97. The SMILES string of the molecule is Cc1sc2nc(CN3CCCC3)nc(N3CCOCC3CC(C)O)c2c1C. The van der Waals surface area contributed by atoms with Crippen molar-refractivity contribution in [3.8, 4) is 0 Å². The van der Waals surface area contributed by atoms with E-state index in [2.05, 4.69) is 23.6 Å². The Morgan fingerprint density at radius 2 is 2.00 bits per heavy atom. The third kappa shape index (κ3) is 3.97. The molecule has 148 valence electrons. The first-order valence-corrected chi connectivity index (χ1v) is 10.9. The first-order valence-electron chi connectivity index (χ1n) is 10.0. The number of aliphatic hydroxyl groups is 1. The van der Waals surface area contributed by atoms with E-state index in [1.165, 1.54) is 28.7 Å². The van der Waals surface area contributed by atoms with Crippen molar-refractivity contribution in [2.75, 3.05) is 37.7 Å². The van der Waals surface area contributed by atoms with Gasteiger partial charge in [0.15, 0.2) is 0 Å². The van der Waals surface area contributed by atoms with Crippen LogP contribution in [0.1, 0.15) is 42.5 Å². The highest BCUT2D eigenvalue weighted by atomic mass is 32.1. The Hall–Kier alpha value is -1.28. The van der Waals surface area contributed by atoms with Gasteiger partial charge in [0.1, 0.15) is 16.5 Å². The first-order chi connectivity index (χ1) is 13.0. The van der Waals surface area contributed by atoms with Crippen molar-refractivity contribution in [1.29, 1.82) is 0 Å². The van der Waals surface area contributed by atoms with E-state index in [1.807, 2.05) is 6.92 Å². The van der Waals surface area contributed by atoms with Gasteiger partial charge in [-0.1, -0.05) is 0 Å². The summed E-state index contributed by atoms with van der Waals surface area (Å²) in [7, 11) is 0. The van der Waals surface area contributed by atoms with Gasteiger partial charge in [-0.25, -0.2) is 9.97 Å². The summed E-state index contributed by atoms with van der Waals surface area (Å²) >= 11 is 1.77. The molecule has 0 saturated carbocycles. The van der Waals surface area contributed by atoms with Crippen LogP contribution in [0, 0.1) is 13.8 Å². The number of aryl methyl sites for hydroxylation is 2. The summed E-state index contributed by atoms with van der Waals surface area (Å²) in [5.41, 5.74) is 1.28. The molecule has 0 aromatic carbocycles. The second kappa shape index (κ2) is 7.99. The molecule has 2 aliphatic rings. The predicted molar refractivity (Wildman–Crippen MR) is 110 cm³/mol. The molecule has 1 N–H and O–H groups in total. The summed E-state index contributed by atoms with van der Waals surface area (Å²) in [6.45, 7) is 11.4. The molecule has 6 nitrogen and oxygen atoms in total. The van der Waals surface area contributed by atoms with Crippen LogP contribution in [0.5, 0.6) is 0 Å². The number of hydrogen-bond acceptors (Lipinski definition) is 7. The molecule has 4 heterocycles. The minimum atomic E-state index is -0.356. The van der Waals surface area contributed by atoms with Crippen molar-refractivity contribution >= 4 is 27.4 Å². The quantitative estimate of drug-likeness (QED) is 0.847. The Labute approximate surface area is 165 Å². The van der Waals surface area contributed by atoms with Crippen LogP contribution in [0.25, 0.3) is 10.2 Å². The van der Waals surface area contributed by atoms with E-state index in [-0.39, 0.29) is 12.1 Å². The van der Waals surface area contributed by atoms with Crippen LogP contribution in [0.15, 0.2) is 0 Å². The van der Waals surface area contributed by atoms with Crippen LogP contribution in [-0.4, -0.2) is 65.0 Å². The molecular weight excluding hydrogens is 360 g/mol. The van der Waals surface area contributed by atoms with E-state index < -0.39 is 0 Å². The predicted octanol–water partition coefficient (Wildman–Crippen LogP) is 2.88. The zero-order valence-corrected chi connectivity index (χ0v) is 17.4. The fourth-order valence-electron chi connectivity index (χ4n) is 4.21. The molecule has 0 aliphatic carbocycles. The van der Waals surface area contributed by atoms with Gasteiger partial charge in [0.25, 0.3) is 0 Å². The summed E-state index contributed by atoms with van der Waals surface area (Å²) in [4.78, 5) is 17.2. The van der Waals surface area contributed by atoms with Crippen LogP contribution in [0.3, 0.4) is 0 Å². The standard InChI is InChI=1S/C20H30N4O2S/c1-13(25)10-16-12-26-9-8-24(16)19-18-14(2)15(3)27-20(18)22-17(21-19)11-23-6-4-5-7-23/h13,16,25H,4-12H2,1-3H3. The Morgan fingerprint density at radius 3 is 2.74 bits per heavy atom. The van der Waals surface area contributed by atoms with Crippen molar-refractivity contribution in [2.24, 2.45) is 0 Å². The summed E-state index contributed by atoms with van der Waals surface area (Å²) in [5, 5.41) is 11.1. The normalized spacial score (nSPS) is 22.7. The van der Waals surface area contributed by atoms with Crippen molar-refractivity contribution in [3.63, 3.8) is 0 Å². The average Bonchev–Trinajstić information content (AvgIpc) is 3.23. The molecule has 0 amide bonds. The van der Waals surface area contributed by atoms with E-state index >= 15 is 0 Å². The monoisotopic (exact) mass is 390 g/mol. The molecule has 2 aliphatic heterocycles. The van der Waals surface area contributed by atoms with E-state index in [4.69, 9.17) is 14.7 Å².